The number of pyridine rings is 1. The van der Waals surface area contributed by atoms with E-state index in [1.807, 2.05) is 6.07 Å². The molecule has 1 aromatic rings. The minimum atomic E-state index is -0.522. The highest BCUT2D eigenvalue weighted by Crippen LogP contribution is 2.24. The lowest BCUT2D eigenvalue weighted by atomic mass is 10.1. The van der Waals surface area contributed by atoms with Gasteiger partial charge in [-0.2, -0.15) is 0 Å². The molecule has 22 heavy (non-hydrogen) atoms. The molecule has 1 amide bonds. The lowest BCUT2D eigenvalue weighted by molar-refractivity contribution is 0.172. The Labute approximate surface area is 130 Å². The van der Waals surface area contributed by atoms with Crippen molar-refractivity contribution in [3.05, 3.63) is 29.1 Å². The van der Waals surface area contributed by atoms with E-state index in [2.05, 4.69) is 39.1 Å². The first-order valence-corrected chi connectivity index (χ1v) is 7.30. The molecule has 1 saturated carbocycles. The number of aliphatic hydroxyl groups is 1. The van der Waals surface area contributed by atoms with Crippen LogP contribution in [0, 0.1) is 11.8 Å². The Bertz CT molecular complexity index is 588. The van der Waals surface area contributed by atoms with Crippen LogP contribution in [0.3, 0.4) is 0 Å². The second-order valence-corrected chi connectivity index (χ2v) is 5.23. The molecule has 3 N–H and O–H groups in total. The second-order valence-electron chi connectivity index (χ2n) is 5.23. The average molecular weight is 303 g/mol. The quantitative estimate of drug-likeness (QED) is 0.709. The zero-order chi connectivity index (χ0) is 15.9. The van der Waals surface area contributed by atoms with Gasteiger partial charge in [0.2, 0.25) is 0 Å². The smallest absolute Gasteiger partial charge is 0.407 e. The Balaban J connectivity index is 2.06. The lowest BCUT2D eigenvalue weighted by Crippen LogP contribution is -2.23. The van der Waals surface area contributed by atoms with Crippen molar-refractivity contribution in [2.24, 2.45) is 0 Å². The van der Waals surface area contributed by atoms with Gasteiger partial charge in [-0.1, -0.05) is 11.8 Å². The number of amides is 1. The van der Waals surface area contributed by atoms with Crippen molar-refractivity contribution in [3.63, 3.8) is 0 Å². The standard InChI is InChI=1S/C16H21N3O3/c1-11(19-14-5-6-14)13-8-12(15(10-20)18-9-13)4-3-7-17-16(21)22-2/h8-9,11,14,19-20H,5-7,10H2,1-2H3,(H,17,21). The number of nitrogens with one attached hydrogen (secondary N) is 2. The molecule has 1 heterocycles. The molecule has 1 aromatic heterocycles. The highest BCUT2D eigenvalue weighted by Gasteiger charge is 2.23. The maximum Gasteiger partial charge on any atom is 0.407 e. The van der Waals surface area contributed by atoms with E-state index in [0.29, 0.717) is 17.3 Å². The summed E-state index contributed by atoms with van der Waals surface area (Å²) in [5, 5.41) is 15.3. The molecule has 0 aliphatic heterocycles. The Morgan fingerprint density at radius 1 is 1.59 bits per heavy atom. The van der Waals surface area contributed by atoms with Gasteiger partial charge in [0.1, 0.15) is 0 Å². The maximum atomic E-state index is 10.9. The van der Waals surface area contributed by atoms with Crippen LogP contribution in [0.5, 0.6) is 0 Å². The molecule has 118 valence electrons. The highest BCUT2D eigenvalue weighted by atomic mass is 16.5. The van der Waals surface area contributed by atoms with Crippen molar-refractivity contribution < 1.29 is 14.6 Å². The molecule has 6 heteroatoms. The summed E-state index contributed by atoms with van der Waals surface area (Å²) in [5.74, 6) is 5.76. The SMILES string of the molecule is COC(=O)NCC#Cc1cc(C(C)NC2CC2)cnc1CO. The van der Waals surface area contributed by atoms with Crippen LogP contribution in [0.15, 0.2) is 12.3 Å². The number of alkyl carbamates (subject to hydrolysis) is 1. The number of hydrogen-bond acceptors (Lipinski definition) is 5. The Morgan fingerprint density at radius 3 is 3.00 bits per heavy atom. The Hall–Kier alpha value is -2.10. The average Bonchev–Trinajstić information content (AvgIpc) is 3.34. The van der Waals surface area contributed by atoms with Crippen LogP contribution in [0.25, 0.3) is 0 Å². The number of rotatable bonds is 5. The van der Waals surface area contributed by atoms with E-state index in [0.717, 1.165) is 5.56 Å². The molecule has 6 nitrogen and oxygen atoms in total. The topological polar surface area (TPSA) is 83.5 Å². The van der Waals surface area contributed by atoms with E-state index >= 15 is 0 Å². The third-order valence-electron chi connectivity index (χ3n) is 3.43. The minimum Gasteiger partial charge on any atom is -0.453 e. The third kappa shape index (κ3) is 4.72. The minimum absolute atomic E-state index is 0.168. The van der Waals surface area contributed by atoms with Crippen LogP contribution >= 0.6 is 0 Å². The molecular weight excluding hydrogens is 282 g/mol. The first kappa shape index (κ1) is 16.3. The highest BCUT2D eigenvalue weighted by molar-refractivity contribution is 5.67. The fourth-order valence-electron chi connectivity index (χ4n) is 2.01. The molecule has 0 radical (unpaired) electrons. The van der Waals surface area contributed by atoms with Gasteiger partial charge in [0.15, 0.2) is 0 Å². The van der Waals surface area contributed by atoms with Gasteiger partial charge in [0.05, 0.1) is 26.0 Å². The first-order valence-electron chi connectivity index (χ1n) is 7.30. The molecule has 1 atom stereocenters. The van der Waals surface area contributed by atoms with Gasteiger partial charge < -0.3 is 20.5 Å². The second kappa shape index (κ2) is 7.78. The number of hydrogen-bond donors (Lipinski definition) is 3. The Kier molecular flexibility index (Phi) is 5.75. The van der Waals surface area contributed by atoms with E-state index in [9.17, 15) is 9.90 Å². The summed E-state index contributed by atoms with van der Waals surface area (Å²) >= 11 is 0. The molecular formula is C16H21N3O3. The molecule has 1 aliphatic carbocycles. The van der Waals surface area contributed by atoms with E-state index in [-0.39, 0.29) is 19.2 Å². The maximum absolute atomic E-state index is 10.9. The molecule has 0 saturated heterocycles. The molecule has 0 spiro atoms. The zero-order valence-electron chi connectivity index (χ0n) is 12.8. The summed E-state index contributed by atoms with van der Waals surface area (Å²) in [6.07, 6.45) is 3.69. The number of ether oxygens (including phenoxy) is 1. The van der Waals surface area contributed by atoms with Gasteiger partial charge in [-0.05, 0) is 31.4 Å². The molecule has 1 aliphatic rings. The number of methoxy groups -OCH3 is 1. The van der Waals surface area contributed by atoms with Crippen LogP contribution in [0.4, 0.5) is 4.79 Å². The van der Waals surface area contributed by atoms with Gasteiger partial charge in [-0.25, -0.2) is 4.79 Å². The summed E-state index contributed by atoms with van der Waals surface area (Å²) in [5.41, 5.74) is 2.25. The molecule has 2 rings (SSSR count). The van der Waals surface area contributed by atoms with Crippen LogP contribution in [0.1, 0.15) is 42.6 Å². The van der Waals surface area contributed by atoms with Crippen molar-refractivity contribution in [1.29, 1.82) is 0 Å². The fraction of sp³-hybridized carbons (Fsp3) is 0.500. The van der Waals surface area contributed by atoms with Gasteiger partial charge in [0.25, 0.3) is 0 Å². The predicted molar refractivity (Wildman–Crippen MR) is 82.0 cm³/mol. The monoisotopic (exact) mass is 303 g/mol. The van der Waals surface area contributed by atoms with Crippen LogP contribution in [0.2, 0.25) is 0 Å². The summed E-state index contributed by atoms with van der Waals surface area (Å²) in [6.45, 7) is 2.10. The molecule has 0 aromatic carbocycles. The number of carbonyl (C=O) groups is 1. The van der Waals surface area contributed by atoms with E-state index in [1.54, 1.807) is 6.20 Å². The van der Waals surface area contributed by atoms with Gasteiger partial charge in [-0.15, -0.1) is 0 Å². The summed E-state index contributed by atoms with van der Waals surface area (Å²) < 4.78 is 4.46. The third-order valence-corrected chi connectivity index (χ3v) is 3.43. The van der Waals surface area contributed by atoms with Crippen molar-refractivity contribution in [2.45, 2.75) is 38.5 Å². The van der Waals surface area contributed by atoms with Gasteiger partial charge in [0, 0.05) is 23.8 Å². The van der Waals surface area contributed by atoms with Crippen LogP contribution < -0.4 is 10.6 Å². The molecule has 0 bridgehead atoms. The predicted octanol–water partition coefficient (Wildman–Crippen LogP) is 1.09. The number of aromatic nitrogens is 1. The van der Waals surface area contributed by atoms with Crippen molar-refractivity contribution in [1.82, 2.24) is 15.6 Å². The lowest BCUT2D eigenvalue weighted by Gasteiger charge is -2.14. The molecule has 1 fully saturated rings. The van der Waals surface area contributed by atoms with Crippen molar-refractivity contribution in [2.75, 3.05) is 13.7 Å². The first-order chi connectivity index (χ1) is 10.6. The largest absolute Gasteiger partial charge is 0.453 e. The summed E-state index contributed by atoms with van der Waals surface area (Å²) in [6, 6.07) is 2.73. The number of carbonyl (C=O) groups excluding carboxylic acids is 1. The summed E-state index contributed by atoms with van der Waals surface area (Å²) in [4.78, 5) is 15.2. The van der Waals surface area contributed by atoms with Crippen molar-refractivity contribution >= 4 is 6.09 Å². The van der Waals surface area contributed by atoms with Crippen LogP contribution in [-0.2, 0) is 11.3 Å². The van der Waals surface area contributed by atoms with Crippen LogP contribution in [-0.4, -0.2) is 35.9 Å². The zero-order valence-corrected chi connectivity index (χ0v) is 12.8. The van der Waals surface area contributed by atoms with E-state index in [4.69, 9.17) is 0 Å². The van der Waals surface area contributed by atoms with E-state index in [1.165, 1.54) is 20.0 Å². The fourth-order valence-corrected chi connectivity index (χ4v) is 2.01. The van der Waals surface area contributed by atoms with Crippen molar-refractivity contribution in [3.8, 4) is 11.8 Å². The van der Waals surface area contributed by atoms with Gasteiger partial charge in [-0.3, -0.25) is 4.98 Å². The summed E-state index contributed by atoms with van der Waals surface area (Å²) in [7, 11) is 1.30. The van der Waals surface area contributed by atoms with Gasteiger partial charge >= 0.3 is 6.09 Å². The number of aliphatic hydroxyl groups excluding tert-OH is 1. The molecule has 1 unspecified atom stereocenters. The number of nitrogens with zero attached hydrogens (tertiary/aromatic N) is 1. The normalized spacial score (nSPS) is 14.7. The van der Waals surface area contributed by atoms with E-state index < -0.39 is 6.09 Å². The Morgan fingerprint density at radius 2 is 2.36 bits per heavy atom.